The Morgan fingerprint density at radius 1 is 1.03 bits per heavy atom. The number of aryl methyl sites for hydroxylation is 1. The molecule has 0 saturated carbocycles. The second kappa shape index (κ2) is 11.3. The third kappa shape index (κ3) is 6.70. The highest BCUT2D eigenvalue weighted by Gasteiger charge is 2.31. The van der Waals surface area contributed by atoms with Crippen molar-refractivity contribution in [3.8, 4) is 0 Å². The third-order valence-electron chi connectivity index (χ3n) is 6.54. The molecule has 30 heavy (non-hydrogen) atoms. The van der Waals surface area contributed by atoms with E-state index >= 15 is 0 Å². The standard InChI is InChI=1S/C27H37NOSi/c1-3-4-18-30(19-9-6-10-20-30)21-17-27(29)28-26(25-11-7-5-8-12-25)22-24-15-13-23(2)14-16-24/h5,7-8,11-17,21,26H,3-4,6,9-10,18-20,22H2,1-2H3,(H,28,29). The van der Waals surface area contributed by atoms with Gasteiger partial charge in [0.25, 0.3) is 0 Å². The quantitative estimate of drug-likeness (QED) is 0.347. The first-order valence-electron chi connectivity index (χ1n) is 11.7. The Hall–Kier alpha value is -2.13. The van der Waals surface area contributed by atoms with Crippen LogP contribution in [0.1, 0.15) is 61.8 Å². The molecule has 1 saturated heterocycles. The first kappa shape index (κ1) is 22.5. The molecule has 1 amide bonds. The zero-order valence-electron chi connectivity index (χ0n) is 18.7. The van der Waals surface area contributed by atoms with Crippen LogP contribution in [-0.4, -0.2) is 14.0 Å². The largest absolute Gasteiger partial charge is 0.345 e. The minimum absolute atomic E-state index is 0.00864. The molecule has 0 aliphatic carbocycles. The van der Waals surface area contributed by atoms with Crippen molar-refractivity contribution in [1.29, 1.82) is 0 Å². The molecule has 0 radical (unpaired) electrons. The predicted octanol–water partition coefficient (Wildman–Crippen LogP) is 6.92. The molecule has 2 aromatic carbocycles. The van der Waals surface area contributed by atoms with Gasteiger partial charge in [-0.3, -0.25) is 4.79 Å². The molecule has 1 fully saturated rings. The molecular formula is C27H37NOSi. The summed E-state index contributed by atoms with van der Waals surface area (Å²) < 4.78 is 0. The summed E-state index contributed by atoms with van der Waals surface area (Å²) in [5.41, 5.74) is 6.05. The molecule has 2 nitrogen and oxygen atoms in total. The molecule has 1 atom stereocenters. The number of hydrogen-bond donors (Lipinski definition) is 1. The minimum atomic E-state index is -1.42. The van der Waals surface area contributed by atoms with Gasteiger partial charge in [0, 0.05) is 0 Å². The first-order chi connectivity index (χ1) is 14.6. The molecule has 2 aromatic rings. The van der Waals surface area contributed by atoms with Crippen LogP contribution in [0, 0.1) is 6.92 Å². The summed E-state index contributed by atoms with van der Waals surface area (Å²) in [6.45, 7) is 4.38. The Labute approximate surface area is 183 Å². The van der Waals surface area contributed by atoms with E-state index in [1.807, 2.05) is 24.3 Å². The molecule has 0 aromatic heterocycles. The topological polar surface area (TPSA) is 29.1 Å². The van der Waals surface area contributed by atoms with E-state index < -0.39 is 8.07 Å². The van der Waals surface area contributed by atoms with Crippen LogP contribution in [0.5, 0.6) is 0 Å². The maximum atomic E-state index is 13.0. The van der Waals surface area contributed by atoms with Gasteiger partial charge in [-0.05, 0) is 30.5 Å². The lowest BCUT2D eigenvalue weighted by molar-refractivity contribution is -0.117. The Kier molecular flexibility index (Phi) is 8.50. The van der Waals surface area contributed by atoms with Crippen LogP contribution >= 0.6 is 0 Å². The van der Waals surface area contributed by atoms with Crippen molar-refractivity contribution in [3.05, 3.63) is 83.1 Å². The van der Waals surface area contributed by atoms with Crippen molar-refractivity contribution in [2.45, 2.75) is 76.5 Å². The summed E-state index contributed by atoms with van der Waals surface area (Å²) in [6, 6.07) is 23.0. The highest BCUT2D eigenvalue weighted by atomic mass is 28.3. The van der Waals surface area contributed by atoms with E-state index in [1.54, 1.807) is 0 Å². The fourth-order valence-corrected chi connectivity index (χ4v) is 9.38. The predicted molar refractivity (Wildman–Crippen MR) is 130 cm³/mol. The SMILES string of the molecule is CCCC[Si]1(C=CC(=O)NC(Cc2ccc(C)cc2)c2ccccc2)CCCCC1. The summed E-state index contributed by atoms with van der Waals surface area (Å²) in [6.07, 6.45) is 9.32. The number of rotatable bonds is 9. The number of carbonyl (C=O) groups excluding carboxylic acids is 1. The van der Waals surface area contributed by atoms with Crippen molar-refractivity contribution in [1.82, 2.24) is 5.32 Å². The second-order valence-electron chi connectivity index (χ2n) is 9.02. The van der Waals surface area contributed by atoms with Gasteiger partial charge in [-0.25, -0.2) is 0 Å². The lowest BCUT2D eigenvalue weighted by atomic mass is 9.98. The summed E-state index contributed by atoms with van der Waals surface area (Å²) in [4.78, 5) is 13.0. The van der Waals surface area contributed by atoms with Crippen molar-refractivity contribution in [2.75, 3.05) is 0 Å². The normalized spacial score (nSPS) is 17.0. The van der Waals surface area contributed by atoms with Crippen LogP contribution in [-0.2, 0) is 11.2 Å². The average molecular weight is 420 g/mol. The molecule has 3 rings (SSSR count). The van der Waals surface area contributed by atoms with Crippen LogP contribution in [0.4, 0.5) is 0 Å². The van der Waals surface area contributed by atoms with Gasteiger partial charge in [-0.15, -0.1) is 0 Å². The average Bonchev–Trinajstić information content (AvgIpc) is 2.79. The number of hydrogen-bond acceptors (Lipinski definition) is 1. The Balaban J connectivity index is 1.72. The molecule has 1 N–H and O–H groups in total. The van der Waals surface area contributed by atoms with E-state index in [9.17, 15) is 4.79 Å². The van der Waals surface area contributed by atoms with Gasteiger partial charge in [-0.1, -0.05) is 123 Å². The van der Waals surface area contributed by atoms with E-state index in [0.717, 1.165) is 12.0 Å². The molecule has 160 valence electrons. The summed E-state index contributed by atoms with van der Waals surface area (Å²) >= 11 is 0. The number of benzene rings is 2. The monoisotopic (exact) mass is 419 g/mol. The van der Waals surface area contributed by atoms with Crippen molar-refractivity contribution < 1.29 is 4.79 Å². The summed E-state index contributed by atoms with van der Waals surface area (Å²) in [7, 11) is -1.42. The molecular weight excluding hydrogens is 382 g/mol. The smallest absolute Gasteiger partial charge is 0.243 e. The Morgan fingerprint density at radius 2 is 1.73 bits per heavy atom. The van der Waals surface area contributed by atoms with Crippen LogP contribution in [0.15, 0.2) is 66.4 Å². The maximum absolute atomic E-state index is 13.0. The van der Waals surface area contributed by atoms with E-state index in [1.165, 1.54) is 61.4 Å². The van der Waals surface area contributed by atoms with E-state index in [4.69, 9.17) is 0 Å². The molecule has 1 aliphatic heterocycles. The Bertz CT molecular complexity index is 807. The minimum Gasteiger partial charge on any atom is -0.345 e. The van der Waals surface area contributed by atoms with Gasteiger partial charge < -0.3 is 5.32 Å². The fraction of sp³-hybridized carbons (Fsp3) is 0.444. The van der Waals surface area contributed by atoms with Gasteiger partial charge in [0.15, 0.2) is 0 Å². The molecule has 1 heterocycles. The van der Waals surface area contributed by atoms with Crippen LogP contribution in [0.3, 0.4) is 0 Å². The van der Waals surface area contributed by atoms with Crippen LogP contribution in [0.2, 0.25) is 18.1 Å². The molecule has 1 aliphatic rings. The number of carbonyl (C=O) groups is 1. The highest BCUT2D eigenvalue weighted by Crippen LogP contribution is 2.34. The Morgan fingerprint density at radius 3 is 2.40 bits per heavy atom. The number of nitrogens with one attached hydrogen (secondary N) is 1. The van der Waals surface area contributed by atoms with Crippen molar-refractivity contribution in [2.24, 2.45) is 0 Å². The summed E-state index contributed by atoms with van der Waals surface area (Å²) in [5.74, 6) is 0.0601. The van der Waals surface area contributed by atoms with Crippen molar-refractivity contribution in [3.63, 3.8) is 0 Å². The van der Waals surface area contributed by atoms with Crippen LogP contribution in [0.25, 0.3) is 0 Å². The molecule has 1 unspecified atom stereocenters. The highest BCUT2D eigenvalue weighted by molar-refractivity contribution is 6.84. The van der Waals surface area contributed by atoms with Crippen molar-refractivity contribution >= 4 is 14.0 Å². The summed E-state index contributed by atoms with van der Waals surface area (Å²) in [5, 5.41) is 3.31. The number of unbranched alkanes of at least 4 members (excludes halogenated alkanes) is 1. The van der Waals surface area contributed by atoms with Gasteiger partial charge in [0.05, 0.1) is 14.1 Å². The lowest BCUT2D eigenvalue weighted by Gasteiger charge is -2.32. The van der Waals surface area contributed by atoms with E-state index in [-0.39, 0.29) is 11.9 Å². The number of amides is 1. The lowest BCUT2D eigenvalue weighted by Crippen LogP contribution is -2.35. The second-order valence-corrected chi connectivity index (χ2v) is 13.6. The maximum Gasteiger partial charge on any atom is 0.243 e. The van der Waals surface area contributed by atoms with Gasteiger partial charge >= 0.3 is 0 Å². The van der Waals surface area contributed by atoms with Gasteiger partial charge in [0.1, 0.15) is 0 Å². The first-order valence-corrected chi connectivity index (χ1v) is 14.4. The molecule has 0 spiro atoms. The third-order valence-corrected chi connectivity index (χ3v) is 11.5. The van der Waals surface area contributed by atoms with Crippen LogP contribution < -0.4 is 5.32 Å². The zero-order valence-corrected chi connectivity index (χ0v) is 19.7. The molecule has 3 heteroatoms. The van der Waals surface area contributed by atoms with E-state index in [2.05, 4.69) is 61.3 Å². The molecule has 0 bridgehead atoms. The van der Waals surface area contributed by atoms with Gasteiger partial charge in [-0.2, -0.15) is 0 Å². The fourth-order valence-electron chi connectivity index (χ4n) is 4.65. The zero-order chi connectivity index (χ0) is 21.2. The van der Waals surface area contributed by atoms with Gasteiger partial charge in [0.2, 0.25) is 5.91 Å². The van der Waals surface area contributed by atoms with E-state index in [0.29, 0.717) is 0 Å².